The maximum Gasteiger partial charge on any atom is 0.573 e. The normalized spacial score (nSPS) is 20.2. The summed E-state index contributed by atoms with van der Waals surface area (Å²) in [5.41, 5.74) is 3.29. The quantitative estimate of drug-likeness (QED) is 0.114. The zero-order valence-electron chi connectivity index (χ0n) is 29.0. The van der Waals surface area contributed by atoms with Gasteiger partial charge in [-0.2, -0.15) is 0 Å². The molecule has 6 aromatic rings. The molecule has 2 aliphatic carbocycles. The van der Waals surface area contributed by atoms with Gasteiger partial charge in [-0.3, -0.25) is 0 Å². The number of benzene rings is 2. The van der Waals surface area contributed by atoms with Crippen LogP contribution in [0.2, 0.25) is 0 Å². The maximum atomic E-state index is 12.5. The van der Waals surface area contributed by atoms with Crippen molar-refractivity contribution in [3.63, 3.8) is 0 Å². The molecule has 2 atom stereocenters. The van der Waals surface area contributed by atoms with E-state index in [2.05, 4.69) is 40.3 Å². The summed E-state index contributed by atoms with van der Waals surface area (Å²) in [5.74, 6) is 0.665. The van der Waals surface area contributed by atoms with Crippen molar-refractivity contribution in [3.05, 3.63) is 85.2 Å². The molecule has 8 rings (SSSR count). The van der Waals surface area contributed by atoms with E-state index in [4.69, 9.17) is 0 Å². The first-order chi connectivity index (χ1) is 26.2. The minimum Gasteiger partial charge on any atom is -0.406 e. The third-order valence-corrected chi connectivity index (χ3v) is 9.26. The van der Waals surface area contributed by atoms with Crippen LogP contribution in [0, 0.1) is 0 Å². The van der Waals surface area contributed by atoms with Crippen LogP contribution < -0.4 is 20.1 Å². The van der Waals surface area contributed by atoms with E-state index in [9.17, 15) is 36.6 Å². The van der Waals surface area contributed by atoms with Gasteiger partial charge >= 0.3 is 12.7 Å². The van der Waals surface area contributed by atoms with E-state index in [1.165, 1.54) is 36.4 Å². The highest BCUT2D eigenvalue weighted by Gasteiger charge is 2.32. The summed E-state index contributed by atoms with van der Waals surface area (Å²) in [6, 6.07) is 19.0. The second-order valence-corrected chi connectivity index (χ2v) is 13.4. The molecule has 0 aliphatic heterocycles. The smallest absolute Gasteiger partial charge is 0.406 e. The van der Waals surface area contributed by atoms with Gasteiger partial charge in [-0.15, -0.1) is 36.5 Å². The van der Waals surface area contributed by atoms with Gasteiger partial charge in [0.1, 0.15) is 23.1 Å². The Balaban J connectivity index is 0.000000169. The average Bonchev–Trinajstić information content (AvgIpc) is 3.86. The summed E-state index contributed by atoms with van der Waals surface area (Å²) in [6.07, 6.45) is -1.43. The summed E-state index contributed by atoms with van der Waals surface area (Å²) in [6.45, 7) is 0. The molecule has 2 fully saturated rings. The van der Waals surface area contributed by atoms with Crippen molar-refractivity contribution in [3.8, 4) is 34.0 Å². The third kappa shape index (κ3) is 9.74. The fourth-order valence-corrected chi connectivity index (χ4v) is 6.73. The molecule has 1 unspecified atom stereocenters. The number of imidazole rings is 2. The highest BCUT2D eigenvalue weighted by molar-refractivity contribution is 5.66. The highest BCUT2D eigenvalue weighted by Crippen LogP contribution is 2.31. The zero-order valence-corrected chi connectivity index (χ0v) is 29.0. The van der Waals surface area contributed by atoms with Gasteiger partial charge in [0.15, 0.2) is 11.3 Å². The van der Waals surface area contributed by atoms with Crippen LogP contribution in [0.1, 0.15) is 44.9 Å². The van der Waals surface area contributed by atoms with Crippen LogP contribution in [-0.4, -0.2) is 76.4 Å². The van der Waals surface area contributed by atoms with Crippen LogP contribution in [0.15, 0.2) is 85.2 Å². The van der Waals surface area contributed by atoms with Crippen molar-refractivity contribution in [1.29, 1.82) is 0 Å². The third-order valence-electron chi connectivity index (χ3n) is 9.26. The molecular formula is C37H36F6N8O4. The van der Waals surface area contributed by atoms with E-state index in [1.54, 1.807) is 51.8 Å². The summed E-state index contributed by atoms with van der Waals surface area (Å²) >= 11 is 0. The number of ether oxygens (including phenoxy) is 2. The lowest BCUT2D eigenvalue weighted by Crippen LogP contribution is -2.28. The summed E-state index contributed by atoms with van der Waals surface area (Å²) in [7, 11) is 0. The predicted octanol–water partition coefficient (Wildman–Crippen LogP) is 7.63. The lowest BCUT2D eigenvalue weighted by Gasteiger charge is -2.26. The molecule has 2 saturated carbocycles. The Kier molecular flexibility index (Phi) is 10.7. The van der Waals surface area contributed by atoms with Crippen LogP contribution in [-0.2, 0) is 0 Å². The molecule has 55 heavy (non-hydrogen) atoms. The van der Waals surface area contributed by atoms with Gasteiger partial charge in [-0.1, -0.05) is 24.3 Å². The maximum absolute atomic E-state index is 12.5. The first-order valence-corrected chi connectivity index (χ1v) is 17.6. The van der Waals surface area contributed by atoms with Gasteiger partial charge in [0, 0.05) is 23.2 Å². The predicted molar refractivity (Wildman–Crippen MR) is 189 cm³/mol. The molecular weight excluding hydrogens is 734 g/mol. The van der Waals surface area contributed by atoms with Crippen LogP contribution in [0.4, 0.5) is 38.0 Å². The number of rotatable bonds is 8. The Bertz CT molecular complexity index is 2240. The number of nitrogens with zero attached hydrogens (tertiary/aromatic N) is 6. The lowest BCUT2D eigenvalue weighted by molar-refractivity contribution is -0.275. The monoisotopic (exact) mass is 770 g/mol. The summed E-state index contributed by atoms with van der Waals surface area (Å²) in [4.78, 5) is 8.53. The molecule has 0 saturated heterocycles. The molecule has 0 radical (unpaired) electrons. The highest BCUT2D eigenvalue weighted by atomic mass is 19.4. The Morgan fingerprint density at radius 1 is 0.582 bits per heavy atom. The average molecular weight is 771 g/mol. The molecule has 2 aliphatic rings. The van der Waals surface area contributed by atoms with E-state index in [1.807, 2.05) is 6.07 Å². The Labute approximate surface area is 309 Å². The lowest BCUT2D eigenvalue weighted by atomic mass is 9.93. The SMILES string of the molecule is OC1CCC(Nc2ccc3ncc(-c4cccc(OC(F)(F)F)c4)n3n2)CC1.OC1CC[C@@H](Nc2ccc3ncc(-c4cccc(OC(F)(F)F)c4)n3n2)C1. The number of nitrogens with one attached hydrogen (secondary N) is 2. The number of hydrogen-bond donors (Lipinski definition) is 4. The fourth-order valence-electron chi connectivity index (χ4n) is 6.73. The van der Waals surface area contributed by atoms with E-state index < -0.39 is 12.7 Å². The van der Waals surface area contributed by atoms with Crippen LogP contribution in [0.5, 0.6) is 11.5 Å². The van der Waals surface area contributed by atoms with Crippen LogP contribution in [0.25, 0.3) is 33.8 Å². The molecule has 4 aromatic heterocycles. The van der Waals surface area contributed by atoms with Crippen molar-refractivity contribution < 1.29 is 46.0 Å². The molecule has 0 amide bonds. The zero-order chi connectivity index (χ0) is 38.7. The van der Waals surface area contributed by atoms with Crippen molar-refractivity contribution in [2.75, 3.05) is 10.6 Å². The number of aromatic nitrogens is 6. The summed E-state index contributed by atoms with van der Waals surface area (Å²) in [5, 5.41) is 35.0. The van der Waals surface area contributed by atoms with Crippen molar-refractivity contribution >= 4 is 22.9 Å². The summed E-state index contributed by atoms with van der Waals surface area (Å²) < 4.78 is 86.0. The van der Waals surface area contributed by atoms with Gasteiger partial charge in [0.05, 0.1) is 36.0 Å². The Morgan fingerprint density at radius 3 is 1.49 bits per heavy atom. The molecule has 0 bridgehead atoms. The fraction of sp³-hybridized carbons (Fsp3) is 0.351. The van der Waals surface area contributed by atoms with Gasteiger partial charge in [0.25, 0.3) is 0 Å². The van der Waals surface area contributed by atoms with Crippen molar-refractivity contribution in [2.45, 2.75) is 82.0 Å². The van der Waals surface area contributed by atoms with Crippen molar-refractivity contribution in [2.24, 2.45) is 0 Å². The largest absolute Gasteiger partial charge is 0.573 e. The molecule has 12 nitrogen and oxygen atoms in total. The van der Waals surface area contributed by atoms with Gasteiger partial charge in [-0.05, 0) is 93.5 Å². The van der Waals surface area contributed by atoms with E-state index in [-0.39, 0.29) is 35.8 Å². The van der Waals surface area contributed by atoms with E-state index in [0.717, 1.165) is 38.5 Å². The molecule has 0 spiro atoms. The van der Waals surface area contributed by atoms with Gasteiger partial charge in [0.2, 0.25) is 0 Å². The molecule has 4 N–H and O–H groups in total. The minimum absolute atomic E-state index is 0.139. The standard InChI is InChI=1S/C19H19F3N4O2.C18H17F3N4O2/c20-19(21,22)28-15-3-1-2-12(10-15)16-11-23-18-9-8-17(25-26(16)18)24-13-4-6-14(27)7-5-13;19-18(20,21)27-14-3-1-2-11(8-14)15-10-22-17-7-6-16(24-25(15)17)23-12-4-5-13(26)9-12/h1-3,8-11,13-14,27H,4-7H2,(H,24,25);1-3,6-8,10,12-13,26H,4-5,9H2,(H,23,24)/t;12-,13?/m.1/s1. The number of halogens is 6. The Morgan fingerprint density at radius 2 is 1.04 bits per heavy atom. The number of fused-ring (bicyclic) bond motifs is 2. The molecule has 4 heterocycles. The van der Waals surface area contributed by atoms with Crippen LogP contribution in [0.3, 0.4) is 0 Å². The topological polar surface area (TPSA) is 143 Å². The molecule has 18 heteroatoms. The number of aliphatic hydroxyl groups is 2. The van der Waals surface area contributed by atoms with E-state index >= 15 is 0 Å². The number of aliphatic hydroxyl groups excluding tert-OH is 2. The van der Waals surface area contributed by atoms with E-state index in [0.29, 0.717) is 51.9 Å². The van der Waals surface area contributed by atoms with Crippen LogP contribution >= 0.6 is 0 Å². The second-order valence-electron chi connectivity index (χ2n) is 13.4. The van der Waals surface area contributed by atoms with Gasteiger partial charge in [-0.25, -0.2) is 19.0 Å². The molecule has 290 valence electrons. The number of anilines is 2. The first kappa shape index (κ1) is 37.7. The first-order valence-electron chi connectivity index (χ1n) is 17.6. The molecule has 2 aromatic carbocycles. The Hall–Kier alpha value is -5.62. The number of hydrogen-bond acceptors (Lipinski definition) is 10. The minimum atomic E-state index is -4.75. The number of alkyl halides is 6. The van der Waals surface area contributed by atoms with Crippen molar-refractivity contribution in [1.82, 2.24) is 29.2 Å². The second kappa shape index (κ2) is 15.6. The van der Waals surface area contributed by atoms with Gasteiger partial charge < -0.3 is 30.3 Å².